The van der Waals surface area contributed by atoms with Crippen LogP contribution in [0.2, 0.25) is 0 Å². The van der Waals surface area contributed by atoms with Crippen LogP contribution in [-0.4, -0.2) is 42.9 Å². The number of rotatable bonds is 3. The monoisotopic (exact) mass is 243 g/mol. The highest BCUT2D eigenvalue weighted by atomic mass is 32.2. The Balaban J connectivity index is 2.40. The Bertz CT molecular complexity index is 520. The van der Waals surface area contributed by atoms with E-state index in [1.807, 2.05) is 0 Å². The number of sulfone groups is 1. The zero-order chi connectivity index (χ0) is 11.8. The maximum atomic E-state index is 11.9. The lowest BCUT2D eigenvalue weighted by Gasteiger charge is -2.25. The summed E-state index contributed by atoms with van der Waals surface area (Å²) in [6, 6.07) is 1.11. The van der Waals surface area contributed by atoms with Crippen molar-refractivity contribution in [3.63, 3.8) is 0 Å². The number of carboxylic acid groups (broad SMARTS) is 1. The molecular weight excluding hydrogens is 234 g/mol. The van der Waals surface area contributed by atoms with Crippen molar-refractivity contribution >= 4 is 15.8 Å². The number of aromatic nitrogens is 1. The van der Waals surface area contributed by atoms with Crippen LogP contribution in [0.5, 0.6) is 0 Å². The van der Waals surface area contributed by atoms with E-state index in [0.717, 1.165) is 18.5 Å². The van der Waals surface area contributed by atoms with Gasteiger partial charge >= 0.3 is 5.97 Å². The Hall–Kier alpha value is -1.47. The van der Waals surface area contributed by atoms with Gasteiger partial charge in [-0.1, -0.05) is 0 Å². The predicted molar refractivity (Wildman–Crippen MR) is 53.0 cm³/mol. The number of hydrogen-bond donors (Lipinski definition) is 1. The molecule has 0 aromatic carbocycles. The fourth-order valence-electron chi connectivity index (χ4n) is 1.28. The number of nitrogens with zero attached hydrogens (tertiary/aromatic N) is 1. The molecule has 2 heterocycles. The lowest BCUT2D eigenvalue weighted by atomic mass is 10.3. The molecule has 0 bridgehead atoms. The second-order valence-electron chi connectivity index (χ2n) is 3.42. The maximum absolute atomic E-state index is 11.9. The summed E-state index contributed by atoms with van der Waals surface area (Å²) in [4.78, 5) is 14.2. The molecule has 1 aliphatic rings. The van der Waals surface area contributed by atoms with Crippen molar-refractivity contribution < 1.29 is 23.1 Å². The molecule has 16 heavy (non-hydrogen) atoms. The van der Waals surface area contributed by atoms with Gasteiger partial charge in [0.2, 0.25) is 0 Å². The van der Waals surface area contributed by atoms with E-state index in [4.69, 9.17) is 9.84 Å². The molecule has 2 rings (SSSR count). The normalized spacial score (nSPS) is 16.8. The second kappa shape index (κ2) is 3.84. The molecule has 1 aromatic rings. The van der Waals surface area contributed by atoms with E-state index in [0.29, 0.717) is 0 Å². The quantitative estimate of drug-likeness (QED) is 0.800. The highest BCUT2D eigenvalue weighted by molar-refractivity contribution is 7.92. The molecule has 6 nitrogen and oxygen atoms in total. The van der Waals surface area contributed by atoms with E-state index in [1.54, 1.807) is 0 Å². The highest BCUT2D eigenvalue weighted by Gasteiger charge is 2.34. The van der Waals surface area contributed by atoms with Gasteiger partial charge in [0, 0.05) is 12.4 Å². The van der Waals surface area contributed by atoms with Gasteiger partial charge in [-0.25, -0.2) is 13.2 Å². The van der Waals surface area contributed by atoms with Crippen LogP contribution in [0.3, 0.4) is 0 Å². The van der Waals surface area contributed by atoms with Crippen LogP contribution in [0.15, 0.2) is 23.4 Å². The fourth-order valence-corrected chi connectivity index (χ4v) is 2.71. The van der Waals surface area contributed by atoms with E-state index in [9.17, 15) is 13.2 Å². The van der Waals surface area contributed by atoms with Crippen LogP contribution < -0.4 is 0 Å². The number of hydrogen-bond acceptors (Lipinski definition) is 5. The van der Waals surface area contributed by atoms with Gasteiger partial charge in [-0.05, 0) is 6.07 Å². The molecule has 7 heteroatoms. The van der Waals surface area contributed by atoms with E-state index in [1.165, 1.54) is 0 Å². The van der Waals surface area contributed by atoms with Crippen molar-refractivity contribution in [3.05, 3.63) is 24.0 Å². The number of pyridine rings is 1. The minimum absolute atomic E-state index is 0.0688. The highest BCUT2D eigenvalue weighted by Crippen LogP contribution is 2.21. The summed E-state index contributed by atoms with van der Waals surface area (Å²) >= 11 is 0. The molecule has 1 saturated heterocycles. The summed E-state index contributed by atoms with van der Waals surface area (Å²) in [6.45, 7) is 0.305. The fraction of sp³-hybridized carbons (Fsp3) is 0.333. The largest absolute Gasteiger partial charge is 0.478 e. The molecule has 0 aliphatic carbocycles. The minimum atomic E-state index is -3.51. The lowest BCUT2D eigenvalue weighted by Crippen LogP contribution is -2.40. The van der Waals surface area contributed by atoms with E-state index < -0.39 is 21.1 Å². The topological polar surface area (TPSA) is 93.6 Å². The van der Waals surface area contributed by atoms with Gasteiger partial charge in [-0.15, -0.1) is 0 Å². The molecule has 0 amide bonds. The van der Waals surface area contributed by atoms with Crippen molar-refractivity contribution in [1.29, 1.82) is 0 Å². The van der Waals surface area contributed by atoms with Gasteiger partial charge < -0.3 is 9.84 Å². The number of aromatic carboxylic acids is 1. The zero-order valence-electron chi connectivity index (χ0n) is 8.16. The first-order valence-corrected chi connectivity index (χ1v) is 6.06. The lowest BCUT2D eigenvalue weighted by molar-refractivity contribution is 0.0416. The van der Waals surface area contributed by atoms with Gasteiger partial charge in [-0.2, -0.15) is 0 Å². The van der Waals surface area contributed by atoms with E-state index in [2.05, 4.69) is 4.98 Å². The standard InChI is InChI=1S/C9H9NO5S/c11-9(12)6-1-7(3-10-2-6)16(13,14)8-4-15-5-8/h1-3,8H,4-5H2,(H,11,12). The third-order valence-electron chi connectivity index (χ3n) is 2.33. The first-order valence-electron chi connectivity index (χ1n) is 4.52. The third-order valence-corrected chi connectivity index (χ3v) is 4.37. The number of carbonyl (C=O) groups is 1. The Morgan fingerprint density at radius 2 is 2.12 bits per heavy atom. The summed E-state index contributed by atoms with van der Waals surface area (Å²) in [6.07, 6.45) is 2.26. The van der Waals surface area contributed by atoms with Crippen LogP contribution in [0.4, 0.5) is 0 Å². The molecule has 0 unspecified atom stereocenters. The van der Waals surface area contributed by atoms with Crippen LogP contribution in [0.25, 0.3) is 0 Å². The summed E-state index contributed by atoms with van der Waals surface area (Å²) < 4.78 is 28.6. The Morgan fingerprint density at radius 3 is 2.62 bits per heavy atom. The van der Waals surface area contributed by atoms with Gasteiger partial charge in [0.15, 0.2) is 9.84 Å². The van der Waals surface area contributed by atoms with Crippen LogP contribution in [0.1, 0.15) is 10.4 Å². The average molecular weight is 243 g/mol. The first kappa shape index (κ1) is 11.0. The van der Waals surface area contributed by atoms with Gasteiger partial charge in [0.25, 0.3) is 0 Å². The molecular formula is C9H9NO5S. The molecule has 1 aliphatic heterocycles. The number of carboxylic acids is 1. The molecule has 0 atom stereocenters. The Kier molecular flexibility index (Phi) is 2.64. The van der Waals surface area contributed by atoms with Crippen molar-refractivity contribution in [3.8, 4) is 0 Å². The average Bonchev–Trinajstić information content (AvgIpc) is 2.14. The zero-order valence-corrected chi connectivity index (χ0v) is 8.98. The predicted octanol–water partition coefficient (Wildman–Crippen LogP) is -0.0477. The smallest absolute Gasteiger partial charge is 0.337 e. The summed E-state index contributed by atoms with van der Waals surface area (Å²) in [5.74, 6) is -1.20. The van der Waals surface area contributed by atoms with E-state index >= 15 is 0 Å². The van der Waals surface area contributed by atoms with Gasteiger partial charge in [-0.3, -0.25) is 4.98 Å². The summed E-state index contributed by atoms with van der Waals surface area (Å²) in [5.41, 5.74) is -0.138. The van der Waals surface area contributed by atoms with Crippen molar-refractivity contribution in [2.24, 2.45) is 0 Å². The van der Waals surface area contributed by atoms with Crippen molar-refractivity contribution in [2.75, 3.05) is 13.2 Å². The van der Waals surface area contributed by atoms with E-state index in [-0.39, 0.29) is 23.7 Å². The SMILES string of the molecule is O=C(O)c1cncc(S(=O)(=O)C2COC2)c1. The summed E-state index contributed by atoms with van der Waals surface area (Å²) in [5, 5.41) is 8.14. The Morgan fingerprint density at radius 1 is 1.44 bits per heavy atom. The van der Waals surface area contributed by atoms with Gasteiger partial charge in [0.05, 0.1) is 23.7 Å². The maximum Gasteiger partial charge on any atom is 0.337 e. The first-order chi connectivity index (χ1) is 7.51. The number of ether oxygens (including phenoxy) is 1. The van der Waals surface area contributed by atoms with Gasteiger partial charge in [0.1, 0.15) is 5.25 Å². The van der Waals surface area contributed by atoms with Crippen LogP contribution >= 0.6 is 0 Å². The molecule has 0 radical (unpaired) electrons. The second-order valence-corrected chi connectivity index (χ2v) is 5.65. The van der Waals surface area contributed by atoms with Crippen molar-refractivity contribution in [1.82, 2.24) is 4.98 Å². The molecule has 1 fully saturated rings. The van der Waals surface area contributed by atoms with Crippen molar-refractivity contribution in [2.45, 2.75) is 10.1 Å². The van der Waals surface area contributed by atoms with Crippen LogP contribution in [0, 0.1) is 0 Å². The third kappa shape index (κ3) is 1.79. The minimum Gasteiger partial charge on any atom is -0.478 e. The molecule has 0 saturated carbocycles. The molecule has 0 spiro atoms. The summed E-state index contributed by atoms with van der Waals surface area (Å²) in [7, 11) is -3.51. The molecule has 1 N–H and O–H groups in total. The van der Waals surface area contributed by atoms with Crippen LogP contribution in [-0.2, 0) is 14.6 Å². The molecule has 1 aromatic heterocycles. The molecule has 86 valence electrons. The Labute approximate surface area is 91.8 Å².